The molecule has 17 heavy (non-hydrogen) atoms. The monoisotopic (exact) mass is 240 g/mol. The zero-order valence-electron chi connectivity index (χ0n) is 8.90. The highest BCUT2D eigenvalue weighted by molar-refractivity contribution is 5.65. The summed E-state index contributed by atoms with van der Waals surface area (Å²) in [4.78, 5) is 0. The molecule has 0 saturated heterocycles. The van der Waals surface area contributed by atoms with E-state index in [0.29, 0.717) is 0 Å². The van der Waals surface area contributed by atoms with E-state index in [1.807, 2.05) is 0 Å². The second-order valence-corrected chi connectivity index (χ2v) is 3.66. The summed E-state index contributed by atoms with van der Waals surface area (Å²) in [7, 11) is 0. The van der Waals surface area contributed by atoms with Gasteiger partial charge in [-0.2, -0.15) is 0 Å². The van der Waals surface area contributed by atoms with Crippen LogP contribution in [0.3, 0.4) is 0 Å². The zero-order valence-corrected chi connectivity index (χ0v) is 8.90. The first-order valence-corrected chi connectivity index (χ1v) is 4.90. The zero-order chi connectivity index (χ0) is 12.6. The maximum absolute atomic E-state index is 13.4. The number of halogens is 4. The summed E-state index contributed by atoms with van der Waals surface area (Å²) in [6, 6.07) is 5.09. The minimum atomic E-state index is -0.854. The SMILES string of the molecule is Cc1c(F)cc(-c2c(F)cccc2F)cc1F. The van der Waals surface area contributed by atoms with Crippen LogP contribution in [-0.4, -0.2) is 0 Å². The van der Waals surface area contributed by atoms with E-state index in [9.17, 15) is 17.6 Å². The predicted octanol–water partition coefficient (Wildman–Crippen LogP) is 4.22. The molecule has 88 valence electrons. The molecule has 2 rings (SSSR count). The highest BCUT2D eigenvalue weighted by Gasteiger charge is 2.14. The van der Waals surface area contributed by atoms with Crippen molar-refractivity contribution in [1.82, 2.24) is 0 Å². The first-order valence-electron chi connectivity index (χ1n) is 4.90. The van der Waals surface area contributed by atoms with Crippen molar-refractivity contribution < 1.29 is 17.6 Å². The van der Waals surface area contributed by atoms with Crippen LogP contribution in [-0.2, 0) is 0 Å². The van der Waals surface area contributed by atoms with Gasteiger partial charge in [-0.05, 0) is 36.8 Å². The molecule has 0 aliphatic heterocycles. The van der Waals surface area contributed by atoms with Crippen LogP contribution in [0.15, 0.2) is 30.3 Å². The molecule has 0 bridgehead atoms. The lowest BCUT2D eigenvalue weighted by atomic mass is 10.0. The van der Waals surface area contributed by atoms with E-state index >= 15 is 0 Å². The third-order valence-electron chi connectivity index (χ3n) is 2.53. The van der Waals surface area contributed by atoms with Crippen molar-refractivity contribution in [3.05, 3.63) is 59.2 Å². The Labute approximate surface area is 95.5 Å². The van der Waals surface area contributed by atoms with Crippen LogP contribution in [0.1, 0.15) is 5.56 Å². The van der Waals surface area contributed by atoms with Gasteiger partial charge in [0, 0.05) is 5.56 Å². The van der Waals surface area contributed by atoms with E-state index in [4.69, 9.17) is 0 Å². The molecule has 0 aliphatic rings. The van der Waals surface area contributed by atoms with E-state index in [1.165, 1.54) is 13.0 Å². The summed E-state index contributed by atoms with van der Waals surface area (Å²) < 4.78 is 53.4. The predicted molar refractivity (Wildman–Crippen MR) is 56.4 cm³/mol. The molecular formula is C13H8F4. The molecule has 0 saturated carbocycles. The van der Waals surface area contributed by atoms with Gasteiger partial charge < -0.3 is 0 Å². The number of hydrogen-bond acceptors (Lipinski definition) is 0. The molecule has 2 aromatic carbocycles. The smallest absolute Gasteiger partial charge is 0.133 e. The Bertz CT molecular complexity index is 532. The second kappa shape index (κ2) is 4.20. The Morgan fingerprint density at radius 1 is 0.765 bits per heavy atom. The number of hydrogen-bond donors (Lipinski definition) is 0. The molecule has 0 amide bonds. The van der Waals surface area contributed by atoms with E-state index in [0.717, 1.165) is 24.3 Å². The molecule has 0 nitrogen and oxygen atoms in total. The van der Waals surface area contributed by atoms with Crippen molar-refractivity contribution in [1.29, 1.82) is 0 Å². The van der Waals surface area contributed by atoms with Crippen LogP contribution < -0.4 is 0 Å². The highest BCUT2D eigenvalue weighted by atomic mass is 19.1. The summed E-state index contributed by atoms with van der Waals surface area (Å²) in [6.07, 6.45) is 0. The normalized spacial score (nSPS) is 10.6. The van der Waals surface area contributed by atoms with Gasteiger partial charge in [-0.1, -0.05) is 6.07 Å². The van der Waals surface area contributed by atoms with Gasteiger partial charge in [-0.25, -0.2) is 17.6 Å². The van der Waals surface area contributed by atoms with Crippen molar-refractivity contribution in [3.8, 4) is 11.1 Å². The minimum absolute atomic E-state index is 0.152. The van der Waals surface area contributed by atoms with Gasteiger partial charge in [0.15, 0.2) is 0 Å². The van der Waals surface area contributed by atoms with Crippen LogP contribution >= 0.6 is 0 Å². The molecule has 0 aromatic heterocycles. The van der Waals surface area contributed by atoms with E-state index in [-0.39, 0.29) is 11.1 Å². The fourth-order valence-corrected chi connectivity index (χ4v) is 1.56. The summed E-state index contributed by atoms with van der Waals surface area (Å²) >= 11 is 0. The Hall–Kier alpha value is -1.84. The highest BCUT2D eigenvalue weighted by Crippen LogP contribution is 2.28. The molecule has 2 aromatic rings. The van der Waals surface area contributed by atoms with Crippen molar-refractivity contribution in [2.45, 2.75) is 6.92 Å². The third-order valence-corrected chi connectivity index (χ3v) is 2.53. The fraction of sp³-hybridized carbons (Fsp3) is 0.0769. The first kappa shape index (κ1) is 11.6. The van der Waals surface area contributed by atoms with Gasteiger partial charge in [-0.3, -0.25) is 0 Å². The molecule has 0 fully saturated rings. The summed E-state index contributed by atoms with van der Waals surface area (Å²) in [5, 5.41) is 0. The quantitative estimate of drug-likeness (QED) is 0.655. The lowest BCUT2D eigenvalue weighted by Gasteiger charge is -2.07. The Balaban J connectivity index is 2.69. The average Bonchev–Trinajstić information content (AvgIpc) is 2.25. The lowest BCUT2D eigenvalue weighted by molar-refractivity contribution is 0.566. The van der Waals surface area contributed by atoms with Crippen LogP contribution in [0.2, 0.25) is 0 Å². The maximum Gasteiger partial charge on any atom is 0.133 e. The standard InChI is InChI=1S/C13H8F4/c1-7-11(16)5-8(6-12(7)17)13-9(14)3-2-4-10(13)15/h2-6H,1H3. The topological polar surface area (TPSA) is 0 Å². The maximum atomic E-state index is 13.4. The first-order chi connectivity index (χ1) is 8.00. The largest absolute Gasteiger partial charge is 0.207 e. The van der Waals surface area contributed by atoms with E-state index in [2.05, 4.69) is 0 Å². The van der Waals surface area contributed by atoms with Crippen LogP contribution in [0.25, 0.3) is 11.1 Å². The van der Waals surface area contributed by atoms with Gasteiger partial charge in [-0.15, -0.1) is 0 Å². The molecule has 0 radical (unpaired) electrons. The molecule has 0 heterocycles. The van der Waals surface area contributed by atoms with Crippen molar-refractivity contribution in [3.63, 3.8) is 0 Å². The minimum Gasteiger partial charge on any atom is -0.207 e. The van der Waals surface area contributed by atoms with Gasteiger partial charge >= 0.3 is 0 Å². The molecule has 0 aliphatic carbocycles. The van der Waals surface area contributed by atoms with Crippen LogP contribution in [0.5, 0.6) is 0 Å². The van der Waals surface area contributed by atoms with Crippen molar-refractivity contribution >= 4 is 0 Å². The lowest BCUT2D eigenvalue weighted by Crippen LogP contribution is -1.94. The molecular weight excluding hydrogens is 232 g/mol. The molecule has 0 atom stereocenters. The number of benzene rings is 2. The summed E-state index contributed by atoms with van der Waals surface area (Å²) in [6.45, 7) is 1.26. The van der Waals surface area contributed by atoms with E-state index in [1.54, 1.807) is 0 Å². The third kappa shape index (κ3) is 2.02. The average molecular weight is 240 g/mol. The Morgan fingerprint density at radius 3 is 1.71 bits per heavy atom. The molecule has 0 N–H and O–H groups in total. The van der Waals surface area contributed by atoms with Crippen molar-refractivity contribution in [2.24, 2.45) is 0 Å². The van der Waals surface area contributed by atoms with Gasteiger partial charge in [0.2, 0.25) is 0 Å². The van der Waals surface area contributed by atoms with Gasteiger partial charge in [0.05, 0.1) is 5.56 Å². The summed E-state index contributed by atoms with van der Waals surface area (Å²) in [5.41, 5.74) is -0.753. The van der Waals surface area contributed by atoms with Crippen molar-refractivity contribution in [2.75, 3.05) is 0 Å². The summed E-state index contributed by atoms with van der Waals surface area (Å²) in [5.74, 6) is -3.37. The van der Waals surface area contributed by atoms with Gasteiger partial charge in [0.1, 0.15) is 23.3 Å². The van der Waals surface area contributed by atoms with Crippen LogP contribution in [0, 0.1) is 30.2 Å². The van der Waals surface area contributed by atoms with Crippen LogP contribution in [0.4, 0.5) is 17.6 Å². The second-order valence-electron chi connectivity index (χ2n) is 3.66. The fourth-order valence-electron chi connectivity index (χ4n) is 1.56. The van der Waals surface area contributed by atoms with Gasteiger partial charge in [0.25, 0.3) is 0 Å². The molecule has 0 spiro atoms. The Kier molecular flexibility index (Phi) is 2.88. The Morgan fingerprint density at radius 2 is 1.24 bits per heavy atom. The number of rotatable bonds is 1. The molecule has 4 heteroatoms. The molecule has 0 unspecified atom stereocenters. The van der Waals surface area contributed by atoms with E-state index < -0.39 is 28.8 Å².